The van der Waals surface area contributed by atoms with Gasteiger partial charge in [0.25, 0.3) is 0 Å². The highest BCUT2D eigenvalue weighted by Crippen LogP contribution is 2.30. The first-order valence-electron chi connectivity index (χ1n) is 7.02. The van der Waals surface area contributed by atoms with Crippen LogP contribution in [0.5, 0.6) is 0 Å². The molecule has 24 heavy (non-hydrogen) atoms. The van der Waals surface area contributed by atoms with Crippen molar-refractivity contribution in [3.05, 3.63) is 53.9 Å². The second-order valence-electron chi connectivity index (χ2n) is 5.27. The van der Waals surface area contributed by atoms with Gasteiger partial charge in [-0.05, 0) is 42.8 Å². The van der Waals surface area contributed by atoms with Gasteiger partial charge in [0.15, 0.2) is 0 Å². The predicted molar refractivity (Wildman–Crippen MR) is 84.9 cm³/mol. The molecule has 0 unspecified atom stereocenters. The first kappa shape index (κ1) is 15.9. The third-order valence-corrected chi connectivity index (χ3v) is 3.39. The SMILES string of the molecule is Cc1cnc2[nH]cc(NC(=O)Nc3ccc(C(F)(F)F)cc3)c2c1. The van der Waals surface area contributed by atoms with Gasteiger partial charge in [0.05, 0.1) is 11.3 Å². The van der Waals surface area contributed by atoms with E-state index in [0.717, 1.165) is 23.1 Å². The zero-order valence-electron chi connectivity index (χ0n) is 12.5. The minimum atomic E-state index is -4.41. The highest BCUT2D eigenvalue weighted by molar-refractivity contribution is 6.05. The van der Waals surface area contributed by atoms with Crippen LogP contribution in [-0.2, 0) is 6.18 Å². The number of carbonyl (C=O) groups excluding carboxylic acids is 1. The Morgan fingerprint density at radius 1 is 1.17 bits per heavy atom. The van der Waals surface area contributed by atoms with E-state index in [-0.39, 0.29) is 5.69 Å². The average molecular weight is 334 g/mol. The van der Waals surface area contributed by atoms with Crippen LogP contribution in [0.3, 0.4) is 0 Å². The normalized spacial score (nSPS) is 11.5. The number of nitrogens with zero attached hydrogens (tertiary/aromatic N) is 1. The van der Waals surface area contributed by atoms with Crippen molar-refractivity contribution in [2.24, 2.45) is 0 Å². The molecule has 0 saturated carbocycles. The average Bonchev–Trinajstić information content (AvgIpc) is 2.89. The zero-order valence-corrected chi connectivity index (χ0v) is 12.5. The Hall–Kier alpha value is -3.03. The Morgan fingerprint density at radius 2 is 1.88 bits per heavy atom. The number of fused-ring (bicyclic) bond motifs is 1. The van der Waals surface area contributed by atoms with Crippen molar-refractivity contribution in [3.63, 3.8) is 0 Å². The minimum absolute atomic E-state index is 0.259. The molecule has 5 nitrogen and oxygen atoms in total. The number of carbonyl (C=O) groups is 1. The molecular formula is C16H13F3N4O. The molecule has 0 atom stereocenters. The van der Waals surface area contributed by atoms with Crippen molar-refractivity contribution in [1.82, 2.24) is 9.97 Å². The summed E-state index contributed by atoms with van der Waals surface area (Å²) in [6.07, 6.45) is -1.11. The smallest absolute Gasteiger partial charge is 0.344 e. The number of aromatic amines is 1. The summed E-state index contributed by atoms with van der Waals surface area (Å²) in [7, 11) is 0. The largest absolute Gasteiger partial charge is 0.416 e. The van der Waals surface area contributed by atoms with Crippen LogP contribution in [0.15, 0.2) is 42.7 Å². The van der Waals surface area contributed by atoms with Crippen LogP contribution in [0.4, 0.5) is 29.3 Å². The van der Waals surface area contributed by atoms with Gasteiger partial charge in [-0.2, -0.15) is 13.2 Å². The number of urea groups is 1. The number of aryl methyl sites for hydroxylation is 1. The topological polar surface area (TPSA) is 69.8 Å². The summed E-state index contributed by atoms with van der Waals surface area (Å²) in [4.78, 5) is 19.1. The van der Waals surface area contributed by atoms with Crippen LogP contribution in [0.2, 0.25) is 0 Å². The van der Waals surface area contributed by atoms with E-state index in [4.69, 9.17) is 0 Å². The van der Waals surface area contributed by atoms with Gasteiger partial charge in [0, 0.05) is 23.5 Å². The number of rotatable bonds is 2. The molecule has 0 fully saturated rings. The second kappa shape index (κ2) is 5.88. The molecule has 0 saturated heterocycles. The Morgan fingerprint density at radius 3 is 2.54 bits per heavy atom. The van der Waals surface area contributed by atoms with Gasteiger partial charge in [-0.25, -0.2) is 9.78 Å². The van der Waals surface area contributed by atoms with Gasteiger partial charge >= 0.3 is 12.2 Å². The molecule has 2 aromatic heterocycles. The molecule has 2 heterocycles. The monoisotopic (exact) mass is 334 g/mol. The van der Waals surface area contributed by atoms with Crippen LogP contribution >= 0.6 is 0 Å². The summed E-state index contributed by atoms with van der Waals surface area (Å²) >= 11 is 0. The van der Waals surface area contributed by atoms with Gasteiger partial charge < -0.3 is 15.6 Å². The zero-order chi connectivity index (χ0) is 17.3. The number of anilines is 2. The van der Waals surface area contributed by atoms with E-state index in [2.05, 4.69) is 20.6 Å². The highest BCUT2D eigenvalue weighted by atomic mass is 19.4. The van der Waals surface area contributed by atoms with Gasteiger partial charge in [0.1, 0.15) is 5.65 Å². The maximum absolute atomic E-state index is 12.5. The Bertz CT molecular complexity index is 884. The molecule has 124 valence electrons. The molecule has 3 N–H and O–H groups in total. The second-order valence-corrected chi connectivity index (χ2v) is 5.27. The molecule has 0 aliphatic carbocycles. The lowest BCUT2D eigenvalue weighted by atomic mass is 10.2. The summed E-state index contributed by atoms with van der Waals surface area (Å²) in [5.41, 5.74) is 1.59. The molecule has 8 heteroatoms. The summed E-state index contributed by atoms with van der Waals surface area (Å²) in [6, 6.07) is 5.53. The van der Waals surface area contributed by atoms with E-state index in [1.807, 2.05) is 13.0 Å². The molecule has 0 radical (unpaired) electrons. The fraction of sp³-hybridized carbons (Fsp3) is 0.125. The van der Waals surface area contributed by atoms with Gasteiger partial charge in [0.2, 0.25) is 0 Å². The molecule has 0 spiro atoms. The van der Waals surface area contributed by atoms with Crippen molar-refractivity contribution in [3.8, 4) is 0 Å². The highest BCUT2D eigenvalue weighted by Gasteiger charge is 2.29. The third kappa shape index (κ3) is 3.32. The van der Waals surface area contributed by atoms with Crippen LogP contribution in [0.1, 0.15) is 11.1 Å². The van der Waals surface area contributed by atoms with Crippen molar-refractivity contribution in [1.29, 1.82) is 0 Å². The lowest BCUT2D eigenvalue weighted by molar-refractivity contribution is -0.137. The molecule has 0 bridgehead atoms. The number of hydrogen-bond acceptors (Lipinski definition) is 2. The van der Waals surface area contributed by atoms with E-state index in [9.17, 15) is 18.0 Å². The summed E-state index contributed by atoms with van der Waals surface area (Å²) < 4.78 is 37.5. The number of amides is 2. The Balaban J connectivity index is 1.72. The number of H-pyrrole nitrogens is 1. The maximum atomic E-state index is 12.5. The minimum Gasteiger partial charge on any atom is -0.344 e. The number of nitrogens with one attached hydrogen (secondary N) is 3. The summed E-state index contributed by atoms with van der Waals surface area (Å²) in [6.45, 7) is 1.88. The van der Waals surface area contributed by atoms with Gasteiger partial charge in [-0.3, -0.25) is 0 Å². The maximum Gasteiger partial charge on any atom is 0.416 e. The lowest BCUT2D eigenvalue weighted by Crippen LogP contribution is -2.19. The van der Waals surface area contributed by atoms with Crippen molar-refractivity contribution in [2.45, 2.75) is 13.1 Å². The van der Waals surface area contributed by atoms with Gasteiger partial charge in [-0.1, -0.05) is 0 Å². The number of halogens is 3. The summed E-state index contributed by atoms with van der Waals surface area (Å²) in [5.74, 6) is 0. The first-order chi connectivity index (χ1) is 11.3. The molecule has 2 amide bonds. The fourth-order valence-electron chi connectivity index (χ4n) is 2.24. The van der Waals surface area contributed by atoms with Crippen molar-refractivity contribution < 1.29 is 18.0 Å². The van der Waals surface area contributed by atoms with E-state index >= 15 is 0 Å². The predicted octanol–water partition coefficient (Wildman–Crippen LogP) is 4.53. The lowest BCUT2D eigenvalue weighted by Gasteiger charge is -2.09. The van der Waals surface area contributed by atoms with E-state index in [1.165, 1.54) is 12.1 Å². The number of hydrogen-bond donors (Lipinski definition) is 3. The van der Waals surface area contributed by atoms with Crippen molar-refractivity contribution >= 4 is 28.4 Å². The van der Waals surface area contributed by atoms with E-state index < -0.39 is 17.8 Å². The van der Waals surface area contributed by atoms with Crippen LogP contribution < -0.4 is 10.6 Å². The summed E-state index contributed by atoms with van der Waals surface area (Å²) in [5, 5.41) is 5.88. The fourth-order valence-corrected chi connectivity index (χ4v) is 2.24. The molecule has 3 aromatic rings. The molecular weight excluding hydrogens is 321 g/mol. The van der Waals surface area contributed by atoms with Crippen LogP contribution in [0.25, 0.3) is 11.0 Å². The molecule has 1 aromatic carbocycles. The number of aromatic nitrogens is 2. The third-order valence-electron chi connectivity index (χ3n) is 3.39. The van der Waals surface area contributed by atoms with Crippen molar-refractivity contribution in [2.75, 3.05) is 10.6 Å². The Labute approximate surface area is 134 Å². The standard InChI is InChI=1S/C16H13F3N4O/c1-9-6-12-13(8-21-14(12)20-7-9)23-15(24)22-11-4-2-10(3-5-11)16(17,18)19/h2-8H,1H3,(H,20,21)(H2,22,23,24). The van der Waals surface area contributed by atoms with Crippen LogP contribution in [-0.4, -0.2) is 16.0 Å². The Kier molecular flexibility index (Phi) is 3.88. The number of pyridine rings is 1. The first-order valence-corrected chi connectivity index (χ1v) is 7.02. The van der Waals surface area contributed by atoms with E-state index in [0.29, 0.717) is 11.3 Å². The van der Waals surface area contributed by atoms with Crippen LogP contribution in [0, 0.1) is 6.92 Å². The molecule has 0 aliphatic heterocycles. The molecule has 3 rings (SSSR count). The quantitative estimate of drug-likeness (QED) is 0.644. The van der Waals surface area contributed by atoms with Gasteiger partial charge in [-0.15, -0.1) is 0 Å². The van der Waals surface area contributed by atoms with E-state index in [1.54, 1.807) is 12.4 Å². The molecule has 0 aliphatic rings. The number of alkyl halides is 3. The number of benzene rings is 1.